The summed E-state index contributed by atoms with van der Waals surface area (Å²) in [4.78, 5) is 38.0. The minimum absolute atomic E-state index is 0.0844. The Balaban J connectivity index is 1.74. The van der Waals surface area contributed by atoms with Gasteiger partial charge in [0.15, 0.2) is 26.1 Å². The Morgan fingerprint density at radius 1 is 0.603 bits per heavy atom. The van der Waals surface area contributed by atoms with Gasteiger partial charge in [0.1, 0.15) is 39.8 Å². The van der Waals surface area contributed by atoms with Crippen LogP contribution in [0.1, 0.15) is 36.6 Å². The number of azo groups is 3. The molecule has 36 heteroatoms. The van der Waals surface area contributed by atoms with Crippen LogP contribution in [-0.2, 0) is 70.3 Å². The zero-order valence-electron chi connectivity index (χ0n) is 37.0. The SMILES string of the molecule is N=COCc1ccc(N=Nc2c(N)c(N=Nc3cccc(C(=O)NCCS(=O)(=O)CCOS(=O)(=O)O)c3)c(N)c(N=Nc3cccc(C(=O)NCCS(=O)(=O)CCOS(=O)(=O)O)c3)c2C(=O)O)c(S(=O)(=O)O)c1. The number of rotatable bonds is 27. The van der Waals surface area contributed by atoms with E-state index in [4.69, 9.17) is 30.7 Å². The highest BCUT2D eigenvalue weighted by Crippen LogP contribution is 2.49. The van der Waals surface area contributed by atoms with Crippen molar-refractivity contribution in [2.24, 2.45) is 30.7 Å². The van der Waals surface area contributed by atoms with Crippen LogP contribution in [0.5, 0.6) is 0 Å². The molecule has 0 saturated carbocycles. The highest BCUT2D eigenvalue weighted by atomic mass is 32.3. The van der Waals surface area contributed by atoms with Gasteiger partial charge >= 0.3 is 26.8 Å². The van der Waals surface area contributed by atoms with Crippen LogP contribution < -0.4 is 22.1 Å². The third-order valence-corrected chi connectivity index (χ3v) is 14.0. The fourth-order valence-electron chi connectivity index (χ4n) is 5.66. The molecule has 0 aliphatic heterocycles. The van der Waals surface area contributed by atoms with E-state index in [2.05, 4.69) is 49.7 Å². The van der Waals surface area contributed by atoms with Crippen LogP contribution in [-0.4, -0.2) is 134 Å². The quantitative estimate of drug-likeness (QED) is 0.0136. The molecule has 0 unspecified atom stereocenters. The lowest BCUT2D eigenvalue weighted by atomic mass is 10.1. The molecule has 4 aromatic rings. The van der Waals surface area contributed by atoms with Crippen LogP contribution in [0.3, 0.4) is 0 Å². The van der Waals surface area contributed by atoms with E-state index >= 15 is 0 Å². The molecule has 4 rings (SSSR count). The number of hydrogen-bond donors (Lipinski definition) is 9. The zero-order valence-corrected chi connectivity index (χ0v) is 41.1. The van der Waals surface area contributed by atoms with Gasteiger partial charge in [0, 0.05) is 24.2 Å². The Morgan fingerprint density at radius 3 is 1.48 bits per heavy atom. The van der Waals surface area contributed by atoms with Crippen LogP contribution in [0.4, 0.5) is 45.5 Å². The van der Waals surface area contributed by atoms with Gasteiger partial charge in [-0.1, -0.05) is 18.2 Å². The van der Waals surface area contributed by atoms with Crippen molar-refractivity contribution in [2.75, 3.05) is 60.8 Å². The van der Waals surface area contributed by atoms with Crippen LogP contribution in [0, 0.1) is 5.41 Å². The predicted octanol–water partition coefficient (Wildman–Crippen LogP) is 3.09. The minimum atomic E-state index is -5.06. The number of nitrogens with two attached hydrogens (primary N) is 2. The first kappa shape index (κ1) is 58.3. The molecule has 0 aromatic heterocycles. The molecule has 0 atom stereocenters. The van der Waals surface area contributed by atoms with Crippen LogP contribution in [0.15, 0.2) is 102 Å². The topological polar surface area (TPSA) is 505 Å². The normalized spacial score (nSPS) is 12.6. The Kier molecular flexibility index (Phi) is 19.9. The molecule has 4 aromatic carbocycles. The summed E-state index contributed by atoms with van der Waals surface area (Å²) in [5, 5.41) is 46.0. The van der Waals surface area contributed by atoms with Gasteiger partial charge in [0.25, 0.3) is 21.9 Å². The summed E-state index contributed by atoms with van der Waals surface area (Å²) >= 11 is 0. The van der Waals surface area contributed by atoms with Crippen molar-refractivity contribution in [3.63, 3.8) is 0 Å². The molecule has 2 amide bonds. The number of carboxylic acid groups (broad SMARTS) is 1. The van der Waals surface area contributed by atoms with Crippen molar-refractivity contribution < 1.29 is 88.3 Å². The highest BCUT2D eigenvalue weighted by molar-refractivity contribution is 7.91. The molecule has 0 aliphatic rings. The molecule has 394 valence electrons. The van der Waals surface area contributed by atoms with Gasteiger partial charge in [-0.25, -0.2) is 30.0 Å². The van der Waals surface area contributed by atoms with Gasteiger partial charge in [-0.15, -0.1) is 20.5 Å². The van der Waals surface area contributed by atoms with E-state index in [-0.39, 0.29) is 34.7 Å². The molecule has 11 N–H and O–H groups in total. The summed E-state index contributed by atoms with van der Waals surface area (Å²) in [6.07, 6.45) is 0.573. The van der Waals surface area contributed by atoms with E-state index in [1.165, 1.54) is 48.5 Å². The second kappa shape index (κ2) is 24.9. The first-order valence-corrected chi connectivity index (χ1v) is 27.7. The van der Waals surface area contributed by atoms with Crippen molar-refractivity contribution in [3.05, 3.63) is 89.0 Å². The molecule has 0 bridgehead atoms. The molecule has 0 fully saturated rings. The van der Waals surface area contributed by atoms with Gasteiger partial charge < -0.3 is 31.9 Å². The number of ether oxygens (including phenoxy) is 1. The number of nitrogens with zero attached hydrogens (tertiary/aromatic N) is 6. The fraction of sp³-hybridized carbons (Fsp3) is 0.243. The summed E-state index contributed by atoms with van der Waals surface area (Å²) in [7, 11) is -22.8. The number of carbonyl (C=O) groups is 3. The monoisotopic (exact) mass is 1120 g/mol. The number of aromatic carboxylic acids is 1. The summed E-state index contributed by atoms with van der Waals surface area (Å²) in [6.45, 7) is -2.97. The molecule has 73 heavy (non-hydrogen) atoms. The third kappa shape index (κ3) is 18.7. The Labute approximate surface area is 414 Å². The molecule has 0 spiro atoms. The van der Waals surface area contributed by atoms with E-state index in [1.54, 1.807) is 0 Å². The maximum absolute atomic E-state index is 13.0. The number of amides is 2. The molecule has 0 radical (unpaired) electrons. The second-order valence-corrected chi connectivity index (χ2v) is 22.5. The lowest BCUT2D eigenvalue weighted by Crippen LogP contribution is -2.30. The van der Waals surface area contributed by atoms with Crippen LogP contribution in [0.25, 0.3) is 0 Å². The smallest absolute Gasteiger partial charge is 0.397 e. The van der Waals surface area contributed by atoms with Crippen molar-refractivity contribution in [3.8, 4) is 0 Å². The van der Waals surface area contributed by atoms with E-state index in [0.717, 1.165) is 18.2 Å². The Bertz CT molecular complexity index is 3450. The van der Waals surface area contributed by atoms with E-state index in [9.17, 15) is 66.1 Å². The number of hydrogen-bond acceptors (Lipinski definition) is 25. The van der Waals surface area contributed by atoms with E-state index < -0.39 is 162 Å². The molecular weight excluding hydrogens is 1080 g/mol. The largest absolute Gasteiger partial charge is 0.479 e. The first-order valence-electron chi connectivity index (χ1n) is 19.8. The van der Waals surface area contributed by atoms with E-state index in [1.807, 2.05) is 0 Å². The number of carboxylic acids is 1. The summed E-state index contributed by atoms with van der Waals surface area (Å²) in [6, 6.07) is 13.5. The van der Waals surface area contributed by atoms with Crippen LogP contribution in [0.2, 0.25) is 0 Å². The van der Waals surface area contributed by atoms with Crippen molar-refractivity contribution >= 4 is 120 Å². The predicted molar refractivity (Wildman–Crippen MR) is 254 cm³/mol. The molecule has 31 nitrogen and oxygen atoms in total. The van der Waals surface area contributed by atoms with Gasteiger partial charge in [-0.3, -0.25) is 28.7 Å². The Morgan fingerprint density at radius 2 is 1.05 bits per heavy atom. The zero-order chi connectivity index (χ0) is 54.4. The van der Waals surface area contributed by atoms with Gasteiger partial charge in [-0.05, 0) is 54.1 Å². The second-order valence-electron chi connectivity index (χ2n) is 14.3. The number of nitrogens with one attached hydrogen (secondary N) is 3. The number of benzene rings is 4. The van der Waals surface area contributed by atoms with Gasteiger partial charge in [0.2, 0.25) is 0 Å². The molecule has 0 aliphatic carbocycles. The maximum atomic E-state index is 13.0. The van der Waals surface area contributed by atoms with Gasteiger partial charge in [-0.2, -0.15) is 35.5 Å². The maximum Gasteiger partial charge on any atom is 0.397 e. The molecule has 0 heterocycles. The van der Waals surface area contributed by atoms with Crippen molar-refractivity contribution in [1.29, 1.82) is 5.41 Å². The fourth-order valence-corrected chi connectivity index (χ4v) is 9.04. The molecule has 0 saturated heterocycles. The third-order valence-electron chi connectivity index (χ3n) is 9.00. The standard InChI is InChI=1S/C37H41N11O20S5/c38-21-66-20-22-7-8-27(28(17-22)71(57,58)59)45-47-33-29(37(51)52)32(46-43-25-5-1-3-23(18-25)35(49)41-9-13-69(53,54)15-11-67-72(60,61)62)30(39)34(31(33)40)48-44-26-6-2-4-24(19-26)36(50)42-10-14-70(55,56)16-12-68-73(63,64)65/h1-8,17-19,21,38H,9-16,20,39-40H2,(H,41,49)(H,42,50)(H,51,52)(H,57,58,59)(H,60,61,62)(H,63,64,65). The highest BCUT2D eigenvalue weighted by Gasteiger charge is 2.28. The number of carbonyl (C=O) groups excluding carboxylic acids is 2. The first-order chi connectivity index (χ1) is 34.0. The lowest BCUT2D eigenvalue weighted by Gasteiger charge is -2.13. The Hall–Kier alpha value is -7.29. The number of anilines is 2. The summed E-state index contributed by atoms with van der Waals surface area (Å²) in [5.41, 5.74) is 7.74. The lowest BCUT2D eigenvalue weighted by molar-refractivity contribution is 0.0697. The average molecular weight is 1120 g/mol. The van der Waals surface area contributed by atoms with Crippen molar-refractivity contribution in [1.82, 2.24) is 10.6 Å². The summed E-state index contributed by atoms with van der Waals surface area (Å²) in [5.74, 6) is -6.39. The van der Waals surface area contributed by atoms with E-state index in [0.29, 0.717) is 6.40 Å². The summed E-state index contributed by atoms with van der Waals surface area (Å²) < 4.78 is 157. The van der Waals surface area contributed by atoms with Crippen molar-refractivity contribution in [2.45, 2.75) is 11.5 Å². The number of sulfone groups is 2. The molecular formula is C37H41N11O20S5. The van der Waals surface area contributed by atoms with Gasteiger partial charge in [0.05, 0.1) is 59.0 Å². The van der Waals surface area contributed by atoms with Crippen LogP contribution >= 0.6 is 0 Å². The minimum Gasteiger partial charge on any atom is -0.479 e. The number of nitrogen functional groups attached to an aromatic ring is 2. The average Bonchev–Trinajstić information content (AvgIpc) is 3.28.